The molecule has 1 unspecified atom stereocenters. The minimum Gasteiger partial charge on any atom is -0.445 e. The van der Waals surface area contributed by atoms with Crippen LogP contribution in [0.2, 0.25) is 0 Å². The Balaban J connectivity index is 1.63. The lowest BCUT2D eigenvalue weighted by atomic mass is 10.0. The number of carbonyl (C=O) groups excluding carboxylic acids is 1. The van der Waals surface area contributed by atoms with Gasteiger partial charge in [0, 0.05) is 31.4 Å². The van der Waals surface area contributed by atoms with Crippen LogP contribution >= 0.6 is 0 Å². The predicted molar refractivity (Wildman–Crippen MR) is 120 cm³/mol. The summed E-state index contributed by atoms with van der Waals surface area (Å²) in [5, 5.41) is 0. The third-order valence-corrected chi connectivity index (χ3v) is 5.06. The van der Waals surface area contributed by atoms with E-state index < -0.39 is 6.09 Å². The molecule has 2 N–H and O–H groups in total. The Morgan fingerprint density at radius 1 is 0.935 bits per heavy atom. The van der Waals surface area contributed by atoms with Crippen LogP contribution in [0.4, 0.5) is 4.79 Å². The van der Waals surface area contributed by atoms with Gasteiger partial charge in [-0.3, -0.25) is 4.98 Å². The van der Waals surface area contributed by atoms with E-state index in [4.69, 9.17) is 15.2 Å². The lowest BCUT2D eigenvalue weighted by Crippen LogP contribution is -2.52. The van der Waals surface area contributed by atoms with E-state index in [9.17, 15) is 4.79 Å². The summed E-state index contributed by atoms with van der Waals surface area (Å²) >= 11 is 0. The van der Waals surface area contributed by atoms with Crippen LogP contribution in [-0.4, -0.2) is 41.7 Å². The summed E-state index contributed by atoms with van der Waals surface area (Å²) in [7, 11) is 1.70. The second-order valence-corrected chi connectivity index (χ2v) is 7.41. The second kappa shape index (κ2) is 11.8. The number of aromatic nitrogens is 1. The molecule has 0 aliphatic carbocycles. The first kappa shape index (κ1) is 22.5. The first-order valence-electron chi connectivity index (χ1n) is 10.3. The van der Waals surface area contributed by atoms with Gasteiger partial charge in [0.1, 0.15) is 6.61 Å². The standard InChI is InChI=1S/C25H29N3O3/c1-28(25(29)31-18-21-12-6-3-7-13-21)24(19-30-17-20-10-4-2-5-11-20)23(26)16-22-14-8-9-15-27-22/h2-15,23-24H,16-19,26H2,1H3/t23?,24-/m1/s1. The Bertz CT molecular complexity index is 907. The SMILES string of the molecule is CN(C(=O)OCc1ccccc1)[C@H](COCc1ccccc1)C(N)Cc1ccccn1. The Morgan fingerprint density at radius 2 is 1.55 bits per heavy atom. The van der Waals surface area contributed by atoms with Gasteiger partial charge in [-0.25, -0.2) is 4.79 Å². The van der Waals surface area contributed by atoms with Crippen LogP contribution in [0.1, 0.15) is 16.8 Å². The summed E-state index contributed by atoms with van der Waals surface area (Å²) < 4.78 is 11.4. The van der Waals surface area contributed by atoms with E-state index in [0.29, 0.717) is 19.6 Å². The van der Waals surface area contributed by atoms with Crippen molar-refractivity contribution < 1.29 is 14.3 Å². The number of carbonyl (C=O) groups is 1. The topological polar surface area (TPSA) is 77.7 Å². The fraction of sp³-hybridized carbons (Fsp3) is 0.280. The molecule has 0 bridgehead atoms. The van der Waals surface area contributed by atoms with Gasteiger partial charge in [0.15, 0.2) is 0 Å². The maximum atomic E-state index is 12.7. The number of ether oxygens (including phenoxy) is 2. The van der Waals surface area contributed by atoms with Crippen molar-refractivity contribution in [2.75, 3.05) is 13.7 Å². The number of nitrogens with zero attached hydrogens (tertiary/aromatic N) is 2. The number of amides is 1. The Hall–Kier alpha value is -3.22. The zero-order valence-corrected chi connectivity index (χ0v) is 17.8. The second-order valence-electron chi connectivity index (χ2n) is 7.41. The van der Waals surface area contributed by atoms with Crippen LogP contribution in [0.5, 0.6) is 0 Å². The molecule has 0 saturated heterocycles. The van der Waals surface area contributed by atoms with Gasteiger partial charge < -0.3 is 20.1 Å². The van der Waals surface area contributed by atoms with Gasteiger partial charge in [-0.2, -0.15) is 0 Å². The summed E-state index contributed by atoms with van der Waals surface area (Å²) in [5.74, 6) is 0. The van der Waals surface area contributed by atoms with E-state index in [-0.39, 0.29) is 18.7 Å². The molecule has 0 saturated carbocycles. The average Bonchev–Trinajstić information content (AvgIpc) is 2.82. The minimum atomic E-state index is -0.436. The molecule has 0 aliphatic heterocycles. The molecule has 2 aromatic carbocycles. The van der Waals surface area contributed by atoms with E-state index in [1.165, 1.54) is 4.90 Å². The first-order chi connectivity index (χ1) is 15.1. The van der Waals surface area contributed by atoms with E-state index in [1.54, 1.807) is 13.2 Å². The highest BCUT2D eigenvalue weighted by molar-refractivity contribution is 5.67. The number of hydrogen-bond donors (Lipinski definition) is 1. The van der Waals surface area contributed by atoms with Gasteiger partial charge >= 0.3 is 6.09 Å². The third kappa shape index (κ3) is 7.20. The van der Waals surface area contributed by atoms with Crippen molar-refractivity contribution in [2.24, 2.45) is 5.73 Å². The molecule has 3 aromatic rings. The third-order valence-electron chi connectivity index (χ3n) is 5.06. The van der Waals surface area contributed by atoms with Crippen molar-refractivity contribution in [3.05, 3.63) is 102 Å². The fourth-order valence-corrected chi connectivity index (χ4v) is 3.25. The molecule has 0 aliphatic rings. The molecule has 31 heavy (non-hydrogen) atoms. The molecule has 6 heteroatoms. The zero-order valence-electron chi connectivity index (χ0n) is 17.8. The number of benzene rings is 2. The zero-order chi connectivity index (χ0) is 21.9. The largest absolute Gasteiger partial charge is 0.445 e. The van der Waals surface area contributed by atoms with Gasteiger partial charge in [-0.15, -0.1) is 0 Å². The molecule has 1 aromatic heterocycles. The van der Waals surface area contributed by atoms with Gasteiger partial charge in [0.2, 0.25) is 0 Å². The van der Waals surface area contributed by atoms with Crippen molar-refractivity contribution in [3.8, 4) is 0 Å². The van der Waals surface area contributed by atoms with Gasteiger partial charge in [0.25, 0.3) is 0 Å². The van der Waals surface area contributed by atoms with E-state index in [2.05, 4.69) is 4.98 Å². The molecule has 2 atom stereocenters. The molecule has 6 nitrogen and oxygen atoms in total. The highest BCUT2D eigenvalue weighted by Crippen LogP contribution is 2.12. The van der Waals surface area contributed by atoms with Crippen LogP contribution in [0.25, 0.3) is 0 Å². The highest BCUT2D eigenvalue weighted by atomic mass is 16.6. The quantitative estimate of drug-likeness (QED) is 0.541. The first-order valence-corrected chi connectivity index (χ1v) is 10.3. The maximum Gasteiger partial charge on any atom is 0.410 e. The summed E-state index contributed by atoms with van der Waals surface area (Å²) in [5.41, 5.74) is 9.37. The van der Waals surface area contributed by atoms with Crippen LogP contribution < -0.4 is 5.73 Å². The van der Waals surface area contributed by atoms with Gasteiger partial charge in [-0.1, -0.05) is 66.7 Å². The van der Waals surface area contributed by atoms with Gasteiger partial charge in [0.05, 0.1) is 19.3 Å². The Labute approximate surface area is 183 Å². The summed E-state index contributed by atoms with van der Waals surface area (Å²) in [6.07, 6.45) is 1.82. The molecule has 1 amide bonds. The normalized spacial score (nSPS) is 12.7. The van der Waals surface area contributed by atoms with Crippen molar-refractivity contribution in [1.29, 1.82) is 0 Å². The van der Waals surface area contributed by atoms with Crippen LogP contribution in [0, 0.1) is 0 Å². The highest BCUT2D eigenvalue weighted by Gasteiger charge is 2.28. The van der Waals surface area contributed by atoms with Crippen molar-refractivity contribution in [2.45, 2.75) is 31.7 Å². The summed E-state index contributed by atoms with van der Waals surface area (Å²) in [4.78, 5) is 18.6. The van der Waals surface area contributed by atoms with E-state index in [1.807, 2.05) is 78.9 Å². The molecule has 0 spiro atoms. The molecular formula is C25H29N3O3. The maximum absolute atomic E-state index is 12.7. The number of pyridine rings is 1. The number of likely N-dealkylation sites (N-methyl/N-ethyl adjacent to an activating group) is 1. The number of nitrogens with two attached hydrogens (primary N) is 1. The van der Waals surface area contributed by atoms with Crippen LogP contribution in [-0.2, 0) is 29.1 Å². The minimum absolute atomic E-state index is 0.205. The van der Waals surface area contributed by atoms with Gasteiger partial charge in [-0.05, 0) is 23.3 Å². The average molecular weight is 420 g/mol. The van der Waals surface area contributed by atoms with Crippen molar-refractivity contribution in [3.63, 3.8) is 0 Å². The van der Waals surface area contributed by atoms with Crippen LogP contribution in [0.3, 0.4) is 0 Å². The number of rotatable bonds is 10. The van der Waals surface area contributed by atoms with E-state index in [0.717, 1.165) is 16.8 Å². The molecule has 162 valence electrons. The summed E-state index contributed by atoms with van der Waals surface area (Å²) in [6.45, 7) is 0.942. The fourth-order valence-electron chi connectivity index (χ4n) is 3.25. The molecular weight excluding hydrogens is 390 g/mol. The smallest absolute Gasteiger partial charge is 0.410 e. The molecule has 1 heterocycles. The van der Waals surface area contributed by atoms with Crippen molar-refractivity contribution >= 4 is 6.09 Å². The number of hydrogen-bond acceptors (Lipinski definition) is 5. The Kier molecular flexibility index (Phi) is 8.58. The van der Waals surface area contributed by atoms with Crippen LogP contribution in [0.15, 0.2) is 85.1 Å². The predicted octanol–water partition coefficient (Wildman–Crippen LogP) is 3.81. The molecule has 3 rings (SSSR count). The van der Waals surface area contributed by atoms with Crippen molar-refractivity contribution in [1.82, 2.24) is 9.88 Å². The summed E-state index contributed by atoms with van der Waals surface area (Å²) in [6, 6.07) is 24.5. The monoisotopic (exact) mass is 419 g/mol. The Morgan fingerprint density at radius 3 is 2.16 bits per heavy atom. The van der Waals surface area contributed by atoms with E-state index >= 15 is 0 Å². The molecule has 0 radical (unpaired) electrons. The lowest BCUT2D eigenvalue weighted by Gasteiger charge is -2.32. The lowest BCUT2D eigenvalue weighted by molar-refractivity contribution is 0.0359. The molecule has 0 fully saturated rings.